The van der Waals surface area contributed by atoms with Gasteiger partial charge in [0.1, 0.15) is 6.61 Å². The second kappa shape index (κ2) is 5.71. The highest BCUT2D eigenvalue weighted by Crippen LogP contribution is 2.17. The molecule has 0 aliphatic carbocycles. The Morgan fingerprint density at radius 3 is 2.29 bits per heavy atom. The lowest BCUT2D eigenvalue weighted by atomic mass is 9.97. The summed E-state index contributed by atoms with van der Waals surface area (Å²) in [5.74, 6) is -0.173. The van der Waals surface area contributed by atoms with Crippen molar-refractivity contribution >= 4 is 11.7 Å². The molecule has 17 heavy (non-hydrogen) atoms. The molecule has 0 aliphatic rings. The highest BCUT2D eigenvalue weighted by Gasteiger charge is 2.22. The molecule has 0 radical (unpaired) electrons. The predicted molar refractivity (Wildman–Crippen MR) is 69.9 cm³/mol. The van der Waals surface area contributed by atoms with E-state index in [-0.39, 0.29) is 5.97 Å². The van der Waals surface area contributed by atoms with Gasteiger partial charge in [-0.15, -0.1) is 0 Å². The second-order valence-electron chi connectivity index (χ2n) is 5.05. The summed E-state index contributed by atoms with van der Waals surface area (Å²) in [5, 5.41) is 3.22. The van der Waals surface area contributed by atoms with Crippen LogP contribution < -0.4 is 5.32 Å². The van der Waals surface area contributed by atoms with Crippen molar-refractivity contribution in [3.05, 3.63) is 29.8 Å². The predicted octanol–water partition coefficient (Wildman–Crippen LogP) is 3.21. The Hall–Kier alpha value is -1.51. The third-order valence-electron chi connectivity index (χ3n) is 2.32. The first-order valence-corrected chi connectivity index (χ1v) is 5.93. The molecule has 0 aliphatic heterocycles. The van der Waals surface area contributed by atoms with Gasteiger partial charge in [0.05, 0.1) is 5.41 Å². The fraction of sp³-hybridized carbons (Fsp3) is 0.500. The van der Waals surface area contributed by atoms with E-state index in [1.54, 1.807) is 0 Å². The zero-order valence-electron chi connectivity index (χ0n) is 11.0. The van der Waals surface area contributed by atoms with E-state index in [2.05, 4.69) is 12.2 Å². The topological polar surface area (TPSA) is 38.3 Å². The Labute approximate surface area is 103 Å². The van der Waals surface area contributed by atoms with Gasteiger partial charge in [0.25, 0.3) is 0 Å². The quantitative estimate of drug-likeness (QED) is 0.814. The number of carbonyl (C=O) groups is 1. The molecule has 0 aromatic heterocycles. The summed E-state index contributed by atoms with van der Waals surface area (Å²) in [6.07, 6.45) is 0. The van der Waals surface area contributed by atoms with Crippen LogP contribution in [0.25, 0.3) is 0 Å². The normalized spacial score (nSPS) is 11.1. The van der Waals surface area contributed by atoms with Crippen LogP contribution in [-0.2, 0) is 16.1 Å². The molecular weight excluding hydrogens is 214 g/mol. The lowest BCUT2D eigenvalue weighted by Gasteiger charge is -2.16. The summed E-state index contributed by atoms with van der Waals surface area (Å²) < 4.78 is 5.23. The van der Waals surface area contributed by atoms with Gasteiger partial charge in [-0.2, -0.15) is 0 Å². The molecule has 0 atom stereocenters. The number of rotatable bonds is 4. The van der Waals surface area contributed by atoms with Crippen molar-refractivity contribution in [1.82, 2.24) is 0 Å². The minimum absolute atomic E-state index is 0.173. The summed E-state index contributed by atoms with van der Waals surface area (Å²) >= 11 is 0. The first-order chi connectivity index (χ1) is 7.93. The maximum atomic E-state index is 11.6. The van der Waals surface area contributed by atoms with E-state index >= 15 is 0 Å². The van der Waals surface area contributed by atoms with Crippen molar-refractivity contribution in [3.63, 3.8) is 0 Å². The maximum absolute atomic E-state index is 11.6. The van der Waals surface area contributed by atoms with Gasteiger partial charge in [-0.3, -0.25) is 4.79 Å². The highest BCUT2D eigenvalue weighted by atomic mass is 16.5. The van der Waals surface area contributed by atoms with E-state index in [0.717, 1.165) is 17.8 Å². The zero-order chi connectivity index (χ0) is 12.9. The molecule has 0 spiro atoms. The SMILES string of the molecule is CCNc1ccc(COC(=O)C(C)(C)C)cc1. The maximum Gasteiger partial charge on any atom is 0.311 e. The van der Waals surface area contributed by atoms with Crippen molar-refractivity contribution < 1.29 is 9.53 Å². The monoisotopic (exact) mass is 235 g/mol. The van der Waals surface area contributed by atoms with E-state index in [4.69, 9.17) is 4.74 Å². The number of carbonyl (C=O) groups excluding carboxylic acids is 1. The summed E-state index contributed by atoms with van der Waals surface area (Å²) in [7, 11) is 0. The second-order valence-corrected chi connectivity index (χ2v) is 5.05. The third-order valence-corrected chi connectivity index (χ3v) is 2.32. The van der Waals surface area contributed by atoms with Crippen LogP contribution >= 0.6 is 0 Å². The Balaban J connectivity index is 2.50. The van der Waals surface area contributed by atoms with E-state index < -0.39 is 5.41 Å². The van der Waals surface area contributed by atoms with Crippen LogP contribution in [0.15, 0.2) is 24.3 Å². The zero-order valence-corrected chi connectivity index (χ0v) is 11.0. The Morgan fingerprint density at radius 2 is 1.82 bits per heavy atom. The van der Waals surface area contributed by atoms with Gasteiger partial charge < -0.3 is 10.1 Å². The van der Waals surface area contributed by atoms with Crippen LogP contribution in [0, 0.1) is 5.41 Å². The Kier molecular flexibility index (Phi) is 4.55. The number of benzene rings is 1. The molecule has 1 aromatic carbocycles. The number of nitrogens with one attached hydrogen (secondary N) is 1. The first-order valence-electron chi connectivity index (χ1n) is 5.93. The molecule has 1 rings (SSSR count). The minimum Gasteiger partial charge on any atom is -0.460 e. The van der Waals surface area contributed by atoms with Gasteiger partial charge in [-0.05, 0) is 45.4 Å². The highest BCUT2D eigenvalue weighted by molar-refractivity contribution is 5.75. The summed E-state index contributed by atoms with van der Waals surface area (Å²) in [4.78, 5) is 11.6. The van der Waals surface area contributed by atoms with Crippen LogP contribution in [0.5, 0.6) is 0 Å². The summed E-state index contributed by atoms with van der Waals surface area (Å²) in [6, 6.07) is 7.91. The fourth-order valence-electron chi connectivity index (χ4n) is 1.29. The molecule has 0 amide bonds. The van der Waals surface area contributed by atoms with Crippen molar-refractivity contribution in [3.8, 4) is 0 Å². The van der Waals surface area contributed by atoms with Gasteiger partial charge in [0.15, 0.2) is 0 Å². The number of esters is 1. The van der Waals surface area contributed by atoms with Gasteiger partial charge in [-0.25, -0.2) is 0 Å². The number of hydrogen-bond acceptors (Lipinski definition) is 3. The molecule has 0 fully saturated rings. The standard InChI is InChI=1S/C14H21NO2/c1-5-15-12-8-6-11(7-9-12)10-17-13(16)14(2,3)4/h6-9,15H,5,10H2,1-4H3. The minimum atomic E-state index is -0.441. The van der Waals surface area contributed by atoms with E-state index in [1.165, 1.54) is 0 Å². The molecule has 3 nitrogen and oxygen atoms in total. The Morgan fingerprint density at radius 1 is 1.24 bits per heavy atom. The van der Waals surface area contributed by atoms with Crippen LogP contribution in [0.2, 0.25) is 0 Å². The fourth-order valence-corrected chi connectivity index (χ4v) is 1.29. The summed E-state index contributed by atoms with van der Waals surface area (Å²) in [5.41, 5.74) is 1.65. The van der Waals surface area contributed by atoms with E-state index in [1.807, 2.05) is 45.0 Å². The molecule has 0 bridgehead atoms. The Bertz CT molecular complexity index is 363. The van der Waals surface area contributed by atoms with Gasteiger partial charge in [0.2, 0.25) is 0 Å². The van der Waals surface area contributed by atoms with Crippen LogP contribution in [-0.4, -0.2) is 12.5 Å². The smallest absolute Gasteiger partial charge is 0.311 e. The van der Waals surface area contributed by atoms with Crippen molar-refractivity contribution in [2.24, 2.45) is 5.41 Å². The molecule has 0 unspecified atom stereocenters. The number of anilines is 1. The van der Waals surface area contributed by atoms with Crippen molar-refractivity contribution in [2.75, 3.05) is 11.9 Å². The number of hydrogen-bond donors (Lipinski definition) is 1. The lowest BCUT2D eigenvalue weighted by molar-refractivity contribution is -0.154. The van der Waals surface area contributed by atoms with Crippen LogP contribution in [0.1, 0.15) is 33.3 Å². The van der Waals surface area contributed by atoms with Crippen molar-refractivity contribution in [1.29, 1.82) is 0 Å². The van der Waals surface area contributed by atoms with Crippen LogP contribution in [0.4, 0.5) is 5.69 Å². The molecule has 94 valence electrons. The molecular formula is C14H21NO2. The third kappa shape index (κ3) is 4.47. The molecule has 0 saturated heterocycles. The average molecular weight is 235 g/mol. The first kappa shape index (κ1) is 13.6. The van der Waals surface area contributed by atoms with Gasteiger partial charge in [-0.1, -0.05) is 12.1 Å². The van der Waals surface area contributed by atoms with Crippen LogP contribution in [0.3, 0.4) is 0 Å². The van der Waals surface area contributed by atoms with E-state index in [0.29, 0.717) is 6.61 Å². The van der Waals surface area contributed by atoms with Crippen molar-refractivity contribution in [2.45, 2.75) is 34.3 Å². The summed E-state index contributed by atoms with van der Waals surface area (Å²) in [6.45, 7) is 8.84. The largest absolute Gasteiger partial charge is 0.460 e. The molecule has 0 heterocycles. The molecule has 3 heteroatoms. The van der Waals surface area contributed by atoms with E-state index in [9.17, 15) is 4.79 Å². The molecule has 1 aromatic rings. The van der Waals surface area contributed by atoms with Gasteiger partial charge >= 0.3 is 5.97 Å². The molecule has 0 saturated carbocycles. The lowest BCUT2D eigenvalue weighted by Crippen LogP contribution is -2.22. The molecule has 1 N–H and O–H groups in total. The average Bonchev–Trinajstić information content (AvgIpc) is 2.27. The van der Waals surface area contributed by atoms with Gasteiger partial charge in [0, 0.05) is 12.2 Å². The number of ether oxygens (including phenoxy) is 1.